The normalized spacial score (nSPS) is 14.0. The zero-order chi connectivity index (χ0) is 23.4. The molecular formula is C24H23FN2O4S. The zero-order valence-electron chi connectivity index (χ0n) is 18.1. The van der Waals surface area contributed by atoms with Crippen LogP contribution < -0.4 is 9.47 Å². The van der Waals surface area contributed by atoms with Gasteiger partial charge in [0, 0.05) is 25.2 Å². The number of benzene rings is 2. The number of rotatable bonds is 7. The van der Waals surface area contributed by atoms with E-state index >= 15 is 0 Å². The minimum Gasteiger partial charge on any atom is -0.493 e. The third-order valence-electron chi connectivity index (χ3n) is 5.02. The van der Waals surface area contributed by atoms with E-state index in [1.807, 2.05) is 0 Å². The Labute approximate surface area is 191 Å². The lowest BCUT2D eigenvalue weighted by Gasteiger charge is -2.31. The lowest BCUT2D eigenvalue weighted by molar-refractivity contribution is -0.132. The van der Waals surface area contributed by atoms with Gasteiger partial charge < -0.3 is 9.47 Å². The quantitative estimate of drug-likeness (QED) is 0.276. The average molecular weight is 455 g/mol. The number of nitrogens with zero attached hydrogens (tertiary/aromatic N) is 2. The topological polar surface area (TPSA) is 59.1 Å². The van der Waals surface area contributed by atoms with Gasteiger partial charge in [-0.1, -0.05) is 24.3 Å². The lowest BCUT2D eigenvalue weighted by atomic mass is 10.0. The van der Waals surface area contributed by atoms with Crippen LogP contribution in [0.1, 0.15) is 16.7 Å². The largest absolute Gasteiger partial charge is 0.493 e. The van der Waals surface area contributed by atoms with Crippen molar-refractivity contribution in [1.82, 2.24) is 9.80 Å². The van der Waals surface area contributed by atoms with Crippen molar-refractivity contribution >= 4 is 35.2 Å². The molecule has 166 valence electrons. The summed E-state index contributed by atoms with van der Waals surface area (Å²) < 4.78 is 25.4. The summed E-state index contributed by atoms with van der Waals surface area (Å²) in [6.45, 7) is 3.79. The molecule has 0 aliphatic carbocycles. The molecule has 0 N–H and O–H groups in total. The smallest absolute Gasteiger partial charge is 0.265 e. The Morgan fingerprint density at radius 1 is 1.09 bits per heavy atom. The van der Waals surface area contributed by atoms with Crippen LogP contribution in [0.25, 0.3) is 6.08 Å². The van der Waals surface area contributed by atoms with E-state index in [2.05, 4.69) is 6.58 Å². The van der Waals surface area contributed by atoms with Gasteiger partial charge in [-0.25, -0.2) is 4.39 Å². The number of thiocarbonyl (C=S) groups is 1. The molecule has 0 aromatic heterocycles. The van der Waals surface area contributed by atoms with Gasteiger partial charge in [0.15, 0.2) is 16.6 Å². The highest BCUT2D eigenvalue weighted by molar-refractivity contribution is 7.80. The molecule has 3 rings (SSSR count). The summed E-state index contributed by atoms with van der Waals surface area (Å²) in [6, 6.07) is 9.79. The van der Waals surface area contributed by atoms with Gasteiger partial charge >= 0.3 is 0 Å². The Kier molecular flexibility index (Phi) is 7.05. The summed E-state index contributed by atoms with van der Waals surface area (Å²) in [6.07, 6.45) is 3.62. The average Bonchev–Trinajstić information content (AvgIpc) is 2.79. The maximum Gasteiger partial charge on any atom is 0.265 e. The second kappa shape index (κ2) is 9.74. The molecule has 0 radical (unpaired) electrons. The fourth-order valence-corrected chi connectivity index (χ4v) is 3.46. The monoisotopic (exact) mass is 454 g/mol. The number of halogens is 1. The number of hydrogen-bond donors (Lipinski definition) is 0. The van der Waals surface area contributed by atoms with Gasteiger partial charge in [-0.15, -0.1) is 6.58 Å². The van der Waals surface area contributed by atoms with Crippen molar-refractivity contribution in [3.05, 3.63) is 77.1 Å². The number of hydrogen-bond acceptors (Lipinski definition) is 5. The standard InChI is InChI=1S/C24H23FN2O4S/c1-5-8-16-11-15(12-18-22(28)26(2)24(32)27(3)23(18)29)13-20(30-4)21(16)31-14-17-9-6-7-10-19(17)25/h5-7,9-13H,1,8,14H2,2-4H3. The van der Waals surface area contributed by atoms with Crippen molar-refractivity contribution in [2.75, 3.05) is 21.2 Å². The number of carbonyl (C=O) groups is 2. The molecule has 1 heterocycles. The van der Waals surface area contributed by atoms with Gasteiger partial charge in [0.2, 0.25) is 0 Å². The van der Waals surface area contributed by atoms with E-state index in [-0.39, 0.29) is 23.1 Å². The zero-order valence-corrected chi connectivity index (χ0v) is 18.9. The van der Waals surface area contributed by atoms with Crippen LogP contribution >= 0.6 is 12.2 Å². The Morgan fingerprint density at radius 3 is 2.34 bits per heavy atom. The molecule has 2 amide bonds. The molecule has 0 saturated carbocycles. The van der Waals surface area contributed by atoms with Gasteiger partial charge in [0.05, 0.1) is 7.11 Å². The number of methoxy groups -OCH3 is 1. The van der Waals surface area contributed by atoms with E-state index in [0.717, 1.165) is 5.56 Å². The fraction of sp³-hybridized carbons (Fsp3) is 0.208. The first kappa shape index (κ1) is 23.1. The Balaban J connectivity index is 2.01. The van der Waals surface area contributed by atoms with Crippen LogP contribution in [-0.2, 0) is 22.6 Å². The molecule has 1 aliphatic rings. The van der Waals surface area contributed by atoms with Crippen molar-refractivity contribution in [2.24, 2.45) is 0 Å². The second-order valence-corrected chi connectivity index (χ2v) is 7.52. The van der Waals surface area contributed by atoms with E-state index in [1.165, 1.54) is 43.1 Å². The van der Waals surface area contributed by atoms with Crippen molar-refractivity contribution in [1.29, 1.82) is 0 Å². The van der Waals surface area contributed by atoms with E-state index in [0.29, 0.717) is 29.0 Å². The second-order valence-electron chi connectivity index (χ2n) is 7.15. The van der Waals surface area contributed by atoms with Crippen LogP contribution in [0.2, 0.25) is 0 Å². The van der Waals surface area contributed by atoms with Gasteiger partial charge in [0.25, 0.3) is 11.8 Å². The van der Waals surface area contributed by atoms with E-state index in [9.17, 15) is 14.0 Å². The van der Waals surface area contributed by atoms with E-state index in [4.69, 9.17) is 21.7 Å². The Morgan fingerprint density at radius 2 is 1.75 bits per heavy atom. The molecule has 0 atom stereocenters. The first-order valence-corrected chi connectivity index (χ1v) is 10.2. The van der Waals surface area contributed by atoms with Crippen molar-refractivity contribution < 1.29 is 23.5 Å². The summed E-state index contributed by atoms with van der Waals surface area (Å²) in [5, 5.41) is 0.138. The fourth-order valence-electron chi connectivity index (χ4n) is 3.30. The summed E-state index contributed by atoms with van der Waals surface area (Å²) >= 11 is 5.12. The lowest BCUT2D eigenvalue weighted by Crippen LogP contribution is -2.52. The third kappa shape index (κ3) is 4.55. The van der Waals surface area contributed by atoms with Crippen LogP contribution in [0.15, 0.2) is 54.6 Å². The van der Waals surface area contributed by atoms with Gasteiger partial charge in [0.1, 0.15) is 18.0 Å². The molecule has 8 heteroatoms. The molecule has 1 saturated heterocycles. The van der Waals surface area contributed by atoms with Crippen molar-refractivity contribution in [3.8, 4) is 11.5 Å². The van der Waals surface area contributed by atoms with Gasteiger partial charge in [-0.05, 0) is 48.5 Å². The van der Waals surface area contributed by atoms with Gasteiger partial charge in [-0.3, -0.25) is 19.4 Å². The van der Waals surface area contributed by atoms with E-state index in [1.54, 1.807) is 36.4 Å². The molecule has 2 aromatic rings. The highest BCUT2D eigenvalue weighted by Crippen LogP contribution is 2.35. The SMILES string of the molecule is C=CCc1cc(C=C2C(=O)N(C)C(=S)N(C)C2=O)cc(OC)c1OCc1ccccc1F. The van der Waals surface area contributed by atoms with Crippen LogP contribution in [0.4, 0.5) is 4.39 Å². The Bertz CT molecular complexity index is 1100. The van der Waals surface area contributed by atoms with Crippen molar-refractivity contribution in [2.45, 2.75) is 13.0 Å². The highest BCUT2D eigenvalue weighted by Gasteiger charge is 2.35. The minimum atomic E-state index is -0.484. The summed E-state index contributed by atoms with van der Waals surface area (Å²) in [7, 11) is 4.52. The van der Waals surface area contributed by atoms with E-state index < -0.39 is 11.8 Å². The predicted octanol–water partition coefficient (Wildman–Crippen LogP) is 3.74. The minimum absolute atomic E-state index is 0.0115. The highest BCUT2D eigenvalue weighted by atomic mass is 32.1. The Hall–Kier alpha value is -3.52. The predicted molar refractivity (Wildman–Crippen MR) is 124 cm³/mol. The number of likely N-dealkylation sites (N-methyl/N-ethyl adjacent to an activating group) is 2. The molecule has 32 heavy (non-hydrogen) atoms. The maximum absolute atomic E-state index is 14.0. The molecular weight excluding hydrogens is 431 g/mol. The third-order valence-corrected chi connectivity index (χ3v) is 5.57. The van der Waals surface area contributed by atoms with Crippen LogP contribution in [0, 0.1) is 5.82 Å². The van der Waals surface area contributed by atoms with Crippen LogP contribution in [0.5, 0.6) is 11.5 Å². The number of allylic oxidation sites excluding steroid dienone is 1. The molecule has 0 bridgehead atoms. The molecule has 1 fully saturated rings. The summed E-state index contributed by atoms with van der Waals surface area (Å²) in [5.41, 5.74) is 1.68. The molecule has 0 spiro atoms. The number of ether oxygens (including phenoxy) is 2. The molecule has 0 unspecified atom stereocenters. The van der Waals surface area contributed by atoms with Crippen LogP contribution in [0.3, 0.4) is 0 Å². The number of amides is 2. The van der Waals surface area contributed by atoms with Crippen LogP contribution in [-0.4, -0.2) is 47.9 Å². The van der Waals surface area contributed by atoms with Gasteiger partial charge in [-0.2, -0.15) is 0 Å². The molecule has 2 aromatic carbocycles. The molecule has 6 nitrogen and oxygen atoms in total. The summed E-state index contributed by atoms with van der Waals surface area (Å²) in [5.74, 6) is -0.502. The first-order chi connectivity index (χ1) is 15.3. The number of carbonyl (C=O) groups excluding carboxylic acids is 2. The summed E-state index contributed by atoms with van der Waals surface area (Å²) in [4.78, 5) is 27.8. The molecule has 1 aliphatic heterocycles. The van der Waals surface area contributed by atoms with Crippen molar-refractivity contribution in [3.63, 3.8) is 0 Å². The maximum atomic E-state index is 14.0. The first-order valence-electron chi connectivity index (χ1n) is 9.78.